The first-order valence-electron chi connectivity index (χ1n) is 9.50. The van der Waals surface area contributed by atoms with Gasteiger partial charge in [0, 0.05) is 20.6 Å². The maximum Gasteiger partial charge on any atom is 0.293 e. The maximum absolute atomic E-state index is 12.5. The summed E-state index contributed by atoms with van der Waals surface area (Å²) in [5.74, 6) is 0.944. The van der Waals surface area contributed by atoms with E-state index < -0.39 is 5.91 Å². The lowest BCUT2D eigenvalue weighted by Gasteiger charge is -2.07. The first-order valence-corrected chi connectivity index (χ1v) is 10.6. The van der Waals surface area contributed by atoms with Crippen LogP contribution in [0.4, 0.5) is 5.95 Å². The Labute approximate surface area is 198 Å². The number of nitrogens with one attached hydrogen (secondary N) is 1. The van der Waals surface area contributed by atoms with E-state index in [9.17, 15) is 4.79 Å². The van der Waals surface area contributed by atoms with Crippen molar-refractivity contribution in [1.82, 2.24) is 14.8 Å². The quantitative estimate of drug-likeness (QED) is 0.342. The van der Waals surface area contributed by atoms with E-state index in [0.29, 0.717) is 38.7 Å². The van der Waals surface area contributed by atoms with E-state index in [1.807, 2.05) is 13.0 Å². The molecule has 32 heavy (non-hydrogen) atoms. The maximum atomic E-state index is 12.5. The van der Waals surface area contributed by atoms with Gasteiger partial charge in [0.1, 0.15) is 24.4 Å². The fourth-order valence-corrected chi connectivity index (χ4v) is 3.68. The molecular formula is C22H17Cl3N4O3. The van der Waals surface area contributed by atoms with Crippen molar-refractivity contribution in [3.8, 4) is 5.75 Å². The molecule has 0 saturated heterocycles. The summed E-state index contributed by atoms with van der Waals surface area (Å²) < 4.78 is 12.8. The standard InChI is InChI=1S/C22H17Cl3N4O3/c1-13-9-14(23)5-7-19(13)31-11-15-6-8-20(32-15)21(30)27-22-26-12-29(28-22)10-16-17(24)3-2-4-18(16)25/h2-9,12H,10-11H2,1H3,(H,27,28,30). The normalized spacial score (nSPS) is 10.9. The number of anilines is 1. The molecule has 0 spiro atoms. The summed E-state index contributed by atoms with van der Waals surface area (Å²) in [5.41, 5.74) is 1.62. The van der Waals surface area contributed by atoms with Crippen LogP contribution in [0.1, 0.15) is 27.4 Å². The molecule has 10 heteroatoms. The Bertz CT molecular complexity index is 1250. The van der Waals surface area contributed by atoms with Crippen LogP contribution in [0.2, 0.25) is 15.1 Å². The average Bonchev–Trinajstić information content (AvgIpc) is 3.40. The molecule has 1 N–H and O–H groups in total. The molecule has 1 amide bonds. The van der Waals surface area contributed by atoms with Gasteiger partial charge in [-0.15, -0.1) is 5.10 Å². The Morgan fingerprint density at radius 2 is 1.91 bits per heavy atom. The van der Waals surface area contributed by atoms with Crippen molar-refractivity contribution < 1.29 is 13.9 Å². The van der Waals surface area contributed by atoms with Gasteiger partial charge in [-0.3, -0.25) is 10.1 Å². The van der Waals surface area contributed by atoms with Gasteiger partial charge in [-0.05, 0) is 55.0 Å². The number of carbonyl (C=O) groups is 1. The van der Waals surface area contributed by atoms with E-state index in [1.165, 1.54) is 11.0 Å². The number of rotatable bonds is 7. The van der Waals surface area contributed by atoms with Gasteiger partial charge in [-0.1, -0.05) is 40.9 Å². The minimum absolute atomic E-state index is 0.113. The Kier molecular flexibility index (Phi) is 6.69. The molecule has 164 valence electrons. The van der Waals surface area contributed by atoms with Gasteiger partial charge in [0.2, 0.25) is 5.95 Å². The fourth-order valence-electron chi connectivity index (χ4n) is 2.94. The summed E-state index contributed by atoms with van der Waals surface area (Å²) >= 11 is 18.3. The molecule has 4 aromatic rings. The van der Waals surface area contributed by atoms with Crippen LogP contribution in [0.25, 0.3) is 0 Å². The summed E-state index contributed by atoms with van der Waals surface area (Å²) in [6.07, 6.45) is 1.48. The Balaban J connectivity index is 1.36. The molecule has 2 aromatic heterocycles. The molecule has 0 aliphatic rings. The number of furan rings is 1. The van der Waals surface area contributed by atoms with Crippen LogP contribution in [0, 0.1) is 6.92 Å². The van der Waals surface area contributed by atoms with Crippen molar-refractivity contribution in [3.05, 3.63) is 92.6 Å². The zero-order chi connectivity index (χ0) is 22.7. The Morgan fingerprint density at radius 1 is 1.12 bits per heavy atom. The highest BCUT2D eigenvalue weighted by Gasteiger charge is 2.15. The first kappa shape index (κ1) is 22.2. The highest BCUT2D eigenvalue weighted by Crippen LogP contribution is 2.25. The number of hydrogen-bond acceptors (Lipinski definition) is 5. The van der Waals surface area contributed by atoms with Crippen molar-refractivity contribution in [2.75, 3.05) is 5.32 Å². The van der Waals surface area contributed by atoms with Gasteiger partial charge < -0.3 is 9.15 Å². The lowest BCUT2D eigenvalue weighted by atomic mass is 10.2. The molecule has 0 aliphatic carbocycles. The predicted octanol–water partition coefficient (Wildman–Crippen LogP) is 6.02. The summed E-state index contributed by atoms with van der Waals surface area (Å²) in [7, 11) is 0. The van der Waals surface area contributed by atoms with E-state index >= 15 is 0 Å². The summed E-state index contributed by atoms with van der Waals surface area (Å²) in [5, 5.41) is 8.52. The second kappa shape index (κ2) is 9.65. The highest BCUT2D eigenvalue weighted by molar-refractivity contribution is 6.36. The molecule has 0 bridgehead atoms. The largest absolute Gasteiger partial charge is 0.485 e. The van der Waals surface area contributed by atoms with Crippen LogP contribution in [-0.2, 0) is 13.2 Å². The van der Waals surface area contributed by atoms with Gasteiger partial charge >= 0.3 is 0 Å². The smallest absolute Gasteiger partial charge is 0.293 e. The van der Waals surface area contributed by atoms with Crippen molar-refractivity contribution in [3.63, 3.8) is 0 Å². The van der Waals surface area contributed by atoms with Crippen molar-refractivity contribution in [2.24, 2.45) is 0 Å². The molecule has 0 aliphatic heterocycles. The number of carbonyl (C=O) groups excluding carboxylic acids is 1. The third kappa shape index (κ3) is 5.24. The van der Waals surface area contributed by atoms with E-state index in [-0.39, 0.29) is 18.3 Å². The number of amides is 1. The molecule has 0 atom stereocenters. The average molecular weight is 492 g/mol. The molecule has 7 nitrogen and oxygen atoms in total. The predicted molar refractivity (Wildman–Crippen MR) is 123 cm³/mol. The highest BCUT2D eigenvalue weighted by atomic mass is 35.5. The molecular weight excluding hydrogens is 475 g/mol. The molecule has 0 saturated carbocycles. The first-order chi connectivity index (χ1) is 15.4. The monoisotopic (exact) mass is 490 g/mol. The lowest BCUT2D eigenvalue weighted by molar-refractivity contribution is 0.0991. The van der Waals surface area contributed by atoms with Crippen LogP contribution in [0.3, 0.4) is 0 Å². The third-order valence-electron chi connectivity index (χ3n) is 4.54. The lowest BCUT2D eigenvalue weighted by Crippen LogP contribution is -2.12. The minimum atomic E-state index is -0.479. The molecule has 4 rings (SSSR count). The van der Waals surface area contributed by atoms with Crippen molar-refractivity contribution >= 4 is 46.7 Å². The molecule has 0 radical (unpaired) electrons. The summed E-state index contributed by atoms with van der Waals surface area (Å²) in [4.78, 5) is 16.6. The van der Waals surface area contributed by atoms with Crippen LogP contribution >= 0.6 is 34.8 Å². The fraction of sp³-hybridized carbons (Fsp3) is 0.136. The van der Waals surface area contributed by atoms with E-state index in [1.54, 1.807) is 42.5 Å². The second-order valence-electron chi connectivity index (χ2n) is 6.88. The van der Waals surface area contributed by atoms with Gasteiger partial charge in [-0.2, -0.15) is 0 Å². The summed E-state index contributed by atoms with van der Waals surface area (Å²) in [6, 6.07) is 13.8. The van der Waals surface area contributed by atoms with Crippen LogP contribution in [-0.4, -0.2) is 20.7 Å². The second-order valence-corrected chi connectivity index (χ2v) is 8.14. The number of ether oxygens (including phenoxy) is 1. The SMILES string of the molecule is Cc1cc(Cl)ccc1OCc1ccc(C(=O)Nc2ncn(Cc3c(Cl)cccc3Cl)n2)o1. The Morgan fingerprint density at radius 3 is 2.66 bits per heavy atom. The van der Waals surface area contributed by atoms with Crippen LogP contribution in [0.5, 0.6) is 5.75 Å². The molecule has 0 unspecified atom stereocenters. The number of hydrogen-bond donors (Lipinski definition) is 1. The molecule has 0 fully saturated rings. The van der Waals surface area contributed by atoms with Crippen molar-refractivity contribution in [1.29, 1.82) is 0 Å². The van der Waals surface area contributed by atoms with Crippen LogP contribution in [0.15, 0.2) is 59.3 Å². The van der Waals surface area contributed by atoms with Crippen molar-refractivity contribution in [2.45, 2.75) is 20.1 Å². The summed E-state index contributed by atoms with van der Waals surface area (Å²) in [6.45, 7) is 2.38. The van der Waals surface area contributed by atoms with Gasteiger partial charge in [0.25, 0.3) is 5.91 Å². The number of nitrogens with zero attached hydrogens (tertiary/aromatic N) is 3. The van der Waals surface area contributed by atoms with E-state index in [4.69, 9.17) is 44.0 Å². The van der Waals surface area contributed by atoms with E-state index in [2.05, 4.69) is 15.4 Å². The third-order valence-corrected chi connectivity index (χ3v) is 5.48. The molecule has 2 heterocycles. The van der Waals surface area contributed by atoms with Gasteiger partial charge in [0.05, 0.1) is 6.54 Å². The van der Waals surface area contributed by atoms with Gasteiger partial charge in [-0.25, -0.2) is 9.67 Å². The Hall–Kier alpha value is -3.00. The number of aryl methyl sites for hydroxylation is 1. The van der Waals surface area contributed by atoms with Gasteiger partial charge in [0.15, 0.2) is 5.76 Å². The minimum Gasteiger partial charge on any atom is -0.485 e. The number of halogens is 3. The van der Waals surface area contributed by atoms with E-state index in [0.717, 1.165) is 5.56 Å². The zero-order valence-corrected chi connectivity index (χ0v) is 19.1. The number of aromatic nitrogens is 3. The topological polar surface area (TPSA) is 82.2 Å². The van der Waals surface area contributed by atoms with Crippen LogP contribution < -0.4 is 10.1 Å². The zero-order valence-electron chi connectivity index (χ0n) is 16.8. The molecule has 2 aromatic carbocycles. The number of benzene rings is 2.